The number of halogens is 3. The fourth-order valence-corrected chi connectivity index (χ4v) is 1.23. The van der Waals surface area contributed by atoms with Gasteiger partial charge in [-0.3, -0.25) is 4.79 Å². The molecule has 1 atom stereocenters. The summed E-state index contributed by atoms with van der Waals surface area (Å²) in [6, 6.07) is 5.95. The third kappa shape index (κ3) is 4.86. The highest BCUT2D eigenvalue weighted by atomic mass is 19.4. The summed E-state index contributed by atoms with van der Waals surface area (Å²) >= 11 is 0. The van der Waals surface area contributed by atoms with E-state index in [-0.39, 0.29) is 5.69 Å². The fraction of sp³-hybridized carbons (Fsp3) is 0.364. The van der Waals surface area contributed by atoms with Gasteiger partial charge in [0, 0.05) is 5.69 Å². The molecule has 1 aromatic carbocycles. The third-order valence-electron chi connectivity index (χ3n) is 2.04. The molecule has 0 saturated heterocycles. The second kappa shape index (κ2) is 5.18. The van der Waals surface area contributed by atoms with E-state index in [1.165, 1.54) is 24.3 Å². The molecule has 6 heteroatoms. The molecule has 17 heavy (non-hydrogen) atoms. The van der Waals surface area contributed by atoms with Crippen LogP contribution in [0.3, 0.4) is 0 Å². The number of aliphatic hydroxyl groups excluding tert-OH is 1. The molecule has 94 valence electrons. The Balaban J connectivity index is 2.61. The largest absolute Gasteiger partial charge is 0.397 e. The van der Waals surface area contributed by atoms with Crippen LogP contribution in [-0.2, 0) is 4.79 Å². The monoisotopic (exact) mass is 247 g/mol. The number of hydrogen-bond acceptors (Lipinski definition) is 2. The Hall–Kier alpha value is -1.56. The summed E-state index contributed by atoms with van der Waals surface area (Å²) in [4.78, 5) is 11.0. The Morgan fingerprint density at radius 1 is 1.35 bits per heavy atom. The minimum absolute atomic E-state index is 0.267. The molecular formula is C11H12F3NO2. The van der Waals surface area contributed by atoms with Gasteiger partial charge in [-0.05, 0) is 24.6 Å². The van der Waals surface area contributed by atoms with Crippen molar-refractivity contribution in [1.29, 1.82) is 0 Å². The Morgan fingerprint density at radius 2 is 1.88 bits per heavy atom. The van der Waals surface area contributed by atoms with Crippen molar-refractivity contribution in [2.75, 3.05) is 5.32 Å². The van der Waals surface area contributed by atoms with Crippen LogP contribution < -0.4 is 5.32 Å². The number of aliphatic hydroxyl groups is 1. The Kier molecular flexibility index (Phi) is 4.11. The number of nitrogens with one attached hydrogen (secondary N) is 1. The van der Waals surface area contributed by atoms with Gasteiger partial charge in [-0.25, -0.2) is 0 Å². The van der Waals surface area contributed by atoms with Gasteiger partial charge in [-0.15, -0.1) is 0 Å². The lowest BCUT2D eigenvalue weighted by Crippen LogP contribution is -2.21. The van der Waals surface area contributed by atoms with Crippen molar-refractivity contribution < 1.29 is 23.1 Å². The normalized spacial score (nSPS) is 13.2. The van der Waals surface area contributed by atoms with E-state index in [0.717, 1.165) is 0 Å². The van der Waals surface area contributed by atoms with Crippen LogP contribution in [0.2, 0.25) is 0 Å². The van der Waals surface area contributed by atoms with Gasteiger partial charge in [0.05, 0.1) is 6.10 Å². The minimum atomic E-state index is -4.51. The molecule has 0 bridgehead atoms. The van der Waals surface area contributed by atoms with E-state index >= 15 is 0 Å². The van der Waals surface area contributed by atoms with Crippen LogP contribution in [0.4, 0.5) is 18.9 Å². The van der Waals surface area contributed by atoms with Crippen LogP contribution >= 0.6 is 0 Å². The van der Waals surface area contributed by atoms with Gasteiger partial charge in [-0.2, -0.15) is 13.2 Å². The molecule has 3 nitrogen and oxygen atoms in total. The van der Waals surface area contributed by atoms with E-state index in [4.69, 9.17) is 0 Å². The smallest absolute Gasteiger partial charge is 0.389 e. The number of anilines is 1. The lowest BCUT2D eigenvalue weighted by Gasteiger charge is -2.09. The molecule has 0 aliphatic heterocycles. The quantitative estimate of drug-likeness (QED) is 0.862. The lowest BCUT2D eigenvalue weighted by atomic mass is 10.1. The second-order valence-electron chi connectivity index (χ2n) is 3.64. The average Bonchev–Trinajstić information content (AvgIpc) is 2.15. The Morgan fingerprint density at radius 3 is 2.29 bits per heavy atom. The summed E-state index contributed by atoms with van der Waals surface area (Å²) in [5, 5.41) is 11.3. The number of carbonyl (C=O) groups is 1. The maximum Gasteiger partial charge on any atom is 0.397 e. The van der Waals surface area contributed by atoms with Gasteiger partial charge >= 0.3 is 6.18 Å². The highest BCUT2D eigenvalue weighted by Crippen LogP contribution is 2.21. The molecule has 1 rings (SSSR count). The van der Waals surface area contributed by atoms with Gasteiger partial charge in [0.15, 0.2) is 0 Å². The number of benzene rings is 1. The Labute approximate surface area is 96.3 Å². The van der Waals surface area contributed by atoms with Crippen molar-refractivity contribution in [3.63, 3.8) is 0 Å². The van der Waals surface area contributed by atoms with Gasteiger partial charge in [0.25, 0.3) is 0 Å². The first-order valence-corrected chi connectivity index (χ1v) is 4.92. The van der Waals surface area contributed by atoms with Gasteiger partial charge < -0.3 is 10.4 Å². The van der Waals surface area contributed by atoms with Gasteiger partial charge in [-0.1, -0.05) is 12.1 Å². The first kappa shape index (κ1) is 13.5. The summed E-state index contributed by atoms with van der Waals surface area (Å²) in [6.07, 6.45) is -6.68. The van der Waals surface area contributed by atoms with Crippen molar-refractivity contribution in [3.8, 4) is 0 Å². The van der Waals surface area contributed by atoms with Crippen molar-refractivity contribution >= 4 is 11.6 Å². The van der Waals surface area contributed by atoms with Crippen molar-refractivity contribution in [2.45, 2.75) is 25.6 Å². The van der Waals surface area contributed by atoms with Crippen LogP contribution in [0.5, 0.6) is 0 Å². The zero-order valence-electron chi connectivity index (χ0n) is 9.08. The molecule has 0 aromatic heterocycles. The molecule has 2 N–H and O–H groups in total. The predicted molar refractivity (Wildman–Crippen MR) is 56.4 cm³/mol. The lowest BCUT2D eigenvalue weighted by molar-refractivity contribution is -0.150. The van der Waals surface area contributed by atoms with E-state index < -0.39 is 24.6 Å². The molecule has 0 aliphatic carbocycles. The van der Waals surface area contributed by atoms with Crippen LogP contribution in [0.1, 0.15) is 25.0 Å². The van der Waals surface area contributed by atoms with Crippen molar-refractivity contribution in [3.05, 3.63) is 29.8 Å². The third-order valence-corrected chi connectivity index (χ3v) is 2.04. The van der Waals surface area contributed by atoms with Gasteiger partial charge in [0.2, 0.25) is 5.91 Å². The number of alkyl halides is 3. The second-order valence-corrected chi connectivity index (χ2v) is 3.64. The molecule has 0 radical (unpaired) electrons. The first-order valence-electron chi connectivity index (χ1n) is 4.92. The molecule has 0 saturated carbocycles. The Bertz CT molecular complexity index is 385. The first-order chi connectivity index (χ1) is 7.78. The fourth-order valence-electron chi connectivity index (χ4n) is 1.23. The molecule has 1 unspecified atom stereocenters. The predicted octanol–water partition coefficient (Wildman–Crippen LogP) is 2.63. The summed E-state index contributed by atoms with van der Waals surface area (Å²) in [5.74, 6) is -1.11. The number of carbonyl (C=O) groups excluding carboxylic acids is 1. The van der Waals surface area contributed by atoms with Crippen LogP contribution in [0.15, 0.2) is 24.3 Å². The van der Waals surface area contributed by atoms with E-state index in [9.17, 15) is 23.1 Å². The highest BCUT2D eigenvalue weighted by Gasteiger charge is 2.31. The number of amides is 1. The maximum atomic E-state index is 11.9. The number of hydrogen-bond donors (Lipinski definition) is 2. The molecule has 0 spiro atoms. The highest BCUT2D eigenvalue weighted by molar-refractivity contribution is 5.91. The van der Waals surface area contributed by atoms with E-state index in [1.54, 1.807) is 6.92 Å². The SMILES string of the molecule is CC(O)c1ccc(NC(=O)CC(F)(F)F)cc1. The zero-order valence-corrected chi connectivity index (χ0v) is 9.08. The standard InChI is InChI=1S/C11H12F3NO2/c1-7(16)8-2-4-9(5-3-8)15-10(17)6-11(12,13)14/h2-5,7,16H,6H2,1H3,(H,15,17). The summed E-state index contributed by atoms with van der Waals surface area (Å²) in [7, 11) is 0. The molecule has 1 amide bonds. The topological polar surface area (TPSA) is 49.3 Å². The summed E-state index contributed by atoms with van der Waals surface area (Å²) in [5.41, 5.74) is 0.891. The average molecular weight is 247 g/mol. The van der Waals surface area contributed by atoms with E-state index in [0.29, 0.717) is 5.56 Å². The van der Waals surface area contributed by atoms with Crippen LogP contribution in [0.25, 0.3) is 0 Å². The summed E-state index contributed by atoms with van der Waals surface area (Å²) in [6.45, 7) is 1.57. The van der Waals surface area contributed by atoms with Gasteiger partial charge in [0.1, 0.15) is 6.42 Å². The van der Waals surface area contributed by atoms with Crippen LogP contribution in [-0.4, -0.2) is 17.2 Å². The molecule has 0 fully saturated rings. The van der Waals surface area contributed by atoms with E-state index in [2.05, 4.69) is 5.32 Å². The molecular weight excluding hydrogens is 235 g/mol. The molecule has 1 aromatic rings. The zero-order chi connectivity index (χ0) is 13.1. The summed E-state index contributed by atoms with van der Waals surface area (Å²) < 4.78 is 35.7. The molecule has 0 aliphatic rings. The van der Waals surface area contributed by atoms with Crippen molar-refractivity contribution in [2.24, 2.45) is 0 Å². The minimum Gasteiger partial charge on any atom is -0.389 e. The number of rotatable bonds is 3. The van der Waals surface area contributed by atoms with E-state index in [1.807, 2.05) is 0 Å². The maximum absolute atomic E-state index is 11.9. The molecule has 0 heterocycles. The van der Waals surface area contributed by atoms with Crippen LogP contribution in [0, 0.1) is 0 Å². The van der Waals surface area contributed by atoms with Crippen molar-refractivity contribution in [1.82, 2.24) is 0 Å².